The van der Waals surface area contributed by atoms with Crippen LogP contribution in [0.3, 0.4) is 0 Å². The van der Waals surface area contributed by atoms with Crippen LogP contribution < -0.4 is 9.64 Å². The lowest BCUT2D eigenvalue weighted by molar-refractivity contribution is -0.160. The van der Waals surface area contributed by atoms with E-state index in [1.165, 1.54) is 0 Å². The molecular formula is C29H43N3O5. The lowest BCUT2D eigenvalue weighted by Crippen LogP contribution is -2.39. The molecule has 37 heavy (non-hydrogen) atoms. The summed E-state index contributed by atoms with van der Waals surface area (Å²) in [5, 5.41) is 10.2. The van der Waals surface area contributed by atoms with Gasteiger partial charge in [-0.3, -0.25) is 9.97 Å². The van der Waals surface area contributed by atoms with E-state index >= 15 is 0 Å². The average Bonchev–Trinajstić information content (AvgIpc) is 2.82. The number of anilines is 1. The minimum absolute atomic E-state index is 0.244. The first-order valence-corrected chi connectivity index (χ1v) is 13.1. The summed E-state index contributed by atoms with van der Waals surface area (Å²) in [5.41, 5.74) is 3.22. The van der Waals surface area contributed by atoms with Crippen LogP contribution in [0.15, 0.2) is 24.5 Å². The van der Waals surface area contributed by atoms with Crippen LogP contribution in [0.25, 0.3) is 11.3 Å². The highest BCUT2D eigenvalue weighted by atomic mass is 16.5. The number of pyridine rings is 2. The van der Waals surface area contributed by atoms with Gasteiger partial charge in [0.25, 0.3) is 0 Å². The molecule has 3 rings (SSSR count). The Balaban J connectivity index is 2.02. The number of nitrogens with zero attached hydrogens (tertiary/aromatic N) is 3. The Kier molecular flexibility index (Phi) is 9.53. The fourth-order valence-electron chi connectivity index (χ4n) is 4.54. The molecule has 1 saturated heterocycles. The first kappa shape index (κ1) is 28.9. The smallest absolute Gasteiger partial charge is 0.337 e. The highest BCUT2D eigenvalue weighted by Gasteiger charge is 2.36. The van der Waals surface area contributed by atoms with Crippen molar-refractivity contribution in [3.8, 4) is 17.0 Å². The summed E-state index contributed by atoms with van der Waals surface area (Å²) in [5.74, 6) is -0.331. The third kappa shape index (κ3) is 7.89. The van der Waals surface area contributed by atoms with E-state index in [4.69, 9.17) is 19.2 Å². The second kappa shape index (κ2) is 12.2. The van der Waals surface area contributed by atoms with Crippen molar-refractivity contribution >= 4 is 11.7 Å². The number of aromatic nitrogens is 2. The maximum absolute atomic E-state index is 12.5. The Morgan fingerprint density at radius 1 is 1.11 bits per heavy atom. The molecule has 0 radical (unpaired) electrons. The van der Waals surface area contributed by atoms with Crippen molar-refractivity contribution in [2.45, 2.75) is 78.9 Å². The highest BCUT2D eigenvalue weighted by Crippen LogP contribution is 2.43. The zero-order valence-corrected chi connectivity index (χ0v) is 23.5. The van der Waals surface area contributed by atoms with Gasteiger partial charge in [0.05, 0.1) is 29.8 Å². The number of carbonyl (C=O) groups is 1. The van der Waals surface area contributed by atoms with Crippen LogP contribution in [0.1, 0.15) is 77.7 Å². The van der Waals surface area contributed by atoms with Gasteiger partial charge in [-0.05, 0) is 70.9 Å². The van der Waals surface area contributed by atoms with Crippen LogP contribution in [0.5, 0.6) is 5.75 Å². The number of ether oxygens (including phenoxy) is 3. The zero-order chi connectivity index (χ0) is 27.2. The van der Waals surface area contributed by atoms with Crippen LogP contribution in [0, 0.1) is 12.3 Å². The van der Waals surface area contributed by atoms with Crippen molar-refractivity contribution in [3.05, 3.63) is 35.8 Å². The number of carboxylic acids is 1. The van der Waals surface area contributed by atoms with Gasteiger partial charge < -0.3 is 24.2 Å². The van der Waals surface area contributed by atoms with Gasteiger partial charge >= 0.3 is 5.97 Å². The van der Waals surface area contributed by atoms with E-state index in [1.54, 1.807) is 19.5 Å². The number of aliphatic carboxylic acids is 1. The largest absolute Gasteiger partial charge is 0.492 e. The molecule has 8 heteroatoms. The molecule has 0 unspecified atom stereocenters. The predicted molar refractivity (Wildman–Crippen MR) is 145 cm³/mol. The fourth-order valence-corrected chi connectivity index (χ4v) is 4.54. The molecule has 204 valence electrons. The Hall–Kier alpha value is -2.71. The fraction of sp³-hybridized carbons (Fsp3) is 0.621. The monoisotopic (exact) mass is 513 g/mol. The zero-order valence-electron chi connectivity index (χ0n) is 23.5. The van der Waals surface area contributed by atoms with Crippen LogP contribution >= 0.6 is 0 Å². The molecule has 1 aliphatic rings. The van der Waals surface area contributed by atoms with Gasteiger partial charge in [-0.25, -0.2) is 4.79 Å². The highest BCUT2D eigenvalue weighted by molar-refractivity contribution is 5.85. The second-order valence-corrected chi connectivity index (χ2v) is 11.5. The summed E-state index contributed by atoms with van der Waals surface area (Å²) >= 11 is 0. The first-order chi connectivity index (χ1) is 17.4. The molecule has 1 N–H and O–H groups in total. The molecule has 0 bridgehead atoms. The van der Waals surface area contributed by atoms with Crippen molar-refractivity contribution in [2.24, 2.45) is 5.41 Å². The molecule has 0 amide bonds. The van der Waals surface area contributed by atoms with Crippen molar-refractivity contribution in [1.29, 1.82) is 0 Å². The van der Waals surface area contributed by atoms with Crippen molar-refractivity contribution < 1.29 is 24.1 Å². The lowest BCUT2D eigenvalue weighted by atomic mass is 9.82. The summed E-state index contributed by atoms with van der Waals surface area (Å²) < 4.78 is 17.0. The topological polar surface area (TPSA) is 94.0 Å². The van der Waals surface area contributed by atoms with Gasteiger partial charge in [0.15, 0.2) is 6.10 Å². The maximum atomic E-state index is 12.5. The van der Waals surface area contributed by atoms with Crippen molar-refractivity contribution in [2.75, 3.05) is 38.3 Å². The number of piperidine rings is 1. The second-order valence-electron chi connectivity index (χ2n) is 11.5. The molecule has 0 aliphatic carbocycles. The molecule has 0 aromatic carbocycles. The molecule has 2 aromatic heterocycles. The normalized spacial score (nSPS) is 16.5. The number of rotatable bonds is 11. The summed E-state index contributed by atoms with van der Waals surface area (Å²) in [4.78, 5) is 24.1. The van der Waals surface area contributed by atoms with E-state index in [0.29, 0.717) is 23.6 Å². The predicted octanol–water partition coefficient (Wildman–Crippen LogP) is 5.82. The number of aryl methyl sites for hydroxylation is 1. The van der Waals surface area contributed by atoms with Gasteiger partial charge in [0.1, 0.15) is 5.75 Å². The molecule has 0 saturated carbocycles. The average molecular weight is 514 g/mol. The van der Waals surface area contributed by atoms with E-state index in [9.17, 15) is 9.90 Å². The van der Waals surface area contributed by atoms with Crippen LogP contribution in [0.2, 0.25) is 0 Å². The van der Waals surface area contributed by atoms with E-state index in [0.717, 1.165) is 62.3 Å². The Morgan fingerprint density at radius 2 is 1.78 bits per heavy atom. The summed E-state index contributed by atoms with van der Waals surface area (Å²) in [6, 6.07) is 3.82. The summed E-state index contributed by atoms with van der Waals surface area (Å²) in [6.07, 6.45) is 6.24. The molecule has 3 heterocycles. The number of unbranched alkanes of at least 4 members (excludes halogenated alkanes) is 1. The van der Waals surface area contributed by atoms with Crippen molar-refractivity contribution in [1.82, 2.24) is 9.97 Å². The Morgan fingerprint density at radius 3 is 2.35 bits per heavy atom. The van der Waals surface area contributed by atoms with Gasteiger partial charge in [-0.1, -0.05) is 13.8 Å². The van der Waals surface area contributed by atoms with E-state index < -0.39 is 17.7 Å². The summed E-state index contributed by atoms with van der Waals surface area (Å²) in [7, 11) is 1.70. The quantitative estimate of drug-likeness (QED) is 0.375. The number of hydrogen-bond donors (Lipinski definition) is 1. The Labute approximate surface area is 221 Å². The van der Waals surface area contributed by atoms with Crippen molar-refractivity contribution in [3.63, 3.8) is 0 Å². The Bertz CT molecular complexity index is 1040. The minimum atomic E-state index is -1.15. The molecular weight excluding hydrogens is 470 g/mol. The number of methoxy groups -OCH3 is 1. The van der Waals surface area contributed by atoms with E-state index in [-0.39, 0.29) is 5.41 Å². The first-order valence-electron chi connectivity index (χ1n) is 13.1. The van der Waals surface area contributed by atoms with Gasteiger partial charge in [0.2, 0.25) is 0 Å². The van der Waals surface area contributed by atoms with E-state index in [2.05, 4.69) is 23.7 Å². The number of carboxylic acid groups (broad SMARTS) is 1. The SMILES string of the molecule is COCCCCOc1ccc(-c2cnc(C)c([C@H](OC(C)(C)C)C(=O)O)c2N2CCC(C)(C)CC2)nc1. The van der Waals surface area contributed by atoms with Gasteiger partial charge in [-0.15, -0.1) is 0 Å². The standard InChI is InChI=1S/C29H43N3O5/c1-20-24(26(27(33)34)37-28(2,3)4)25(32-14-12-29(5,6)13-15-32)22(19-30-20)23-11-10-21(18-31-23)36-17-9-8-16-35-7/h10-11,18-19,26H,8-9,12-17H2,1-7H3,(H,33,34)/t26-/m0/s1. The van der Waals surface area contributed by atoms with Gasteiger partial charge in [0, 0.05) is 49.8 Å². The molecule has 1 fully saturated rings. The molecule has 0 spiro atoms. The summed E-state index contributed by atoms with van der Waals surface area (Å²) in [6.45, 7) is 15.0. The van der Waals surface area contributed by atoms with Gasteiger partial charge in [-0.2, -0.15) is 0 Å². The molecule has 2 aromatic rings. The van der Waals surface area contributed by atoms with Crippen LogP contribution in [0.4, 0.5) is 5.69 Å². The maximum Gasteiger partial charge on any atom is 0.337 e. The minimum Gasteiger partial charge on any atom is -0.492 e. The molecule has 8 nitrogen and oxygen atoms in total. The molecule has 1 atom stereocenters. The van der Waals surface area contributed by atoms with Crippen LogP contribution in [-0.4, -0.2) is 60.1 Å². The third-order valence-corrected chi connectivity index (χ3v) is 6.70. The lowest BCUT2D eigenvalue weighted by Gasteiger charge is -2.40. The molecule has 1 aliphatic heterocycles. The third-order valence-electron chi connectivity index (χ3n) is 6.70. The van der Waals surface area contributed by atoms with E-state index in [1.807, 2.05) is 39.8 Å². The van der Waals surface area contributed by atoms with Crippen LogP contribution in [-0.2, 0) is 14.3 Å². The number of hydrogen-bond acceptors (Lipinski definition) is 7.